The normalized spacial score (nSPS) is 48.5. The third-order valence-electron chi connectivity index (χ3n) is 4.73. The van der Waals surface area contributed by atoms with Gasteiger partial charge in [-0.25, -0.2) is 4.79 Å². The van der Waals surface area contributed by atoms with Crippen molar-refractivity contribution in [2.45, 2.75) is 68.1 Å². The first-order chi connectivity index (χ1) is 10.4. The van der Waals surface area contributed by atoms with Crippen LogP contribution in [0.2, 0.25) is 0 Å². The Hall–Kier alpha value is -0.970. The molecule has 22 heavy (non-hydrogen) atoms. The summed E-state index contributed by atoms with van der Waals surface area (Å²) < 4.78 is 11.6. The van der Waals surface area contributed by atoms with E-state index >= 15 is 0 Å². The van der Waals surface area contributed by atoms with E-state index < -0.39 is 36.3 Å². The number of amides is 2. The van der Waals surface area contributed by atoms with Gasteiger partial charge in [-0.3, -0.25) is 0 Å². The molecule has 7 unspecified atom stereocenters. The molecule has 9 nitrogen and oxygen atoms in total. The van der Waals surface area contributed by atoms with Gasteiger partial charge in [-0.05, 0) is 25.7 Å². The topological polar surface area (TPSA) is 152 Å². The maximum Gasteiger partial charge on any atom is 0.317 e. The Morgan fingerprint density at radius 3 is 2.91 bits per heavy atom. The molecular formula is C13H24N4O5. The lowest BCUT2D eigenvalue weighted by molar-refractivity contribution is -0.263. The fourth-order valence-corrected chi connectivity index (χ4v) is 3.37. The molecule has 2 amide bonds. The number of hydrogen-bond donors (Lipinski definition) is 6. The highest BCUT2D eigenvalue weighted by molar-refractivity contribution is 5.76. The first kappa shape index (κ1) is 15.9. The van der Waals surface area contributed by atoms with Gasteiger partial charge in [0.25, 0.3) is 0 Å². The molecule has 1 saturated carbocycles. The van der Waals surface area contributed by atoms with Crippen molar-refractivity contribution in [3.05, 3.63) is 0 Å². The van der Waals surface area contributed by atoms with E-state index in [2.05, 4.69) is 10.6 Å². The molecule has 126 valence electrons. The average Bonchev–Trinajstić information content (AvgIpc) is 2.68. The van der Waals surface area contributed by atoms with E-state index in [9.17, 15) is 15.0 Å². The number of urea groups is 1. The molecule has 8 N–H and O–H groups in total. The van der Waals surface area contributed by atoms with Crippen LogP contribution in [0, 0.1) is 0 Å². The zero-order valence-corrected chi connectivity index (χ0v) is 12.3. The number of aliphatic hydroxyl groups is 2. The summed E-state index contributed by atoms with van der Waals surface area (Å²) in [5.41, 5.74) is 9.94. The van der Waals surface area contributed by atoms with Crippen LogP contribution in [0.1, 0.15) is 25.7 Å². The third-order valence-corrected chi connectivity index (χ3v) is 4.73. The van der Waals surface area contributed by atoms with Gasteiger partial charge in [0, 0.05) is 6.54 Å². The minimum Gasteiger partial charge on any atom is -0.385 e. The Morgan fingerprint density at radius 2 is 2.18 bits per heavy atom. The molecule has 3 heterocycles. The zero-order valence-electron chi connectivity index (χ0n) is 12.3. The van der Waals surface area contributed by atoms with E-state index in [1.165, 1.54) is 0 Å². The van der Waals surface area contributed by atoms with Gasteiger partial charge in [-0.2, -0.15) is 0 Å². The summed E-state index contributed by atoms with van der Waals surface area (Å²) in [7, 11) is 0. The summed E-state index contributed by atoms with van der Waals surface area (Å²) in [4.78, 5) is 11.7. The standard InChI is InChI=1S/C13H24N4O5/c14-5-6-1-2-7(15)11(21-6)22-9-8-3-4-13(20,10(9)18)17-12(19)16-8/h6-11,18,20H,1-5,14-15H2,(H2,16,17,19). The molecule has 2 bridgehead atoms. The molecule has 9 heteroatoms. The molecule has 0 spiro atoms. The van der Waals surface area contributed by atoms with Crippen LogP contribution >= 0.6 is 0 Å². The molecule has 4 fully saturated rings. The van der Waals surface area contributed by atoms with Gasteiger partial charge in [-0.15, -0.1) is 0 Å². The summed E-state index contributed by atoms with van der Waals surface area (Å²) in [6, 6.07) is -1.27. The SMILES string of the molecule is NCC1CCC(N)C(OC2C3CCC(O)(NC(=O)N3)C2O)O1. The Balaban J connectivity index is 1.74. The van der Waals surface area contributed by atoms with E-state index in [4.69, 9.17) is 20.9 Å². The largest absolute Gasteiger partial charge is 0.385 e. The number of carbonyl (C=O) groups excluding carboxylic acids is 1. The second kappa shape index (κ2) is 5.91. The van der Waals surface area contributed by atoms with Crippen molar-refractivity contribution in [1.29, 1.82) is 0 Å². The smallest absolute Gasteiger partial charge is 0.317 e. The molecular weight excluding hydrogens is 292 g/mol. The Kier molecular flexibility index (Phi) is 4.27. The predicted molar refractivity (Wildman–Crippen MR) is 75.4 cm³/mol. The van der Waals surface area contributed by atoms with Crippen molar-refractivity contribution < 1.29 is 24.5 Å². The number of carbonyl (C=O) groups is 1. The third kappa shape index (κ3) is 2.80. The van der Waals surface area contributed by atoms with Crippen LogP contribution in [0.15, 0.2) is 0 Å². The Bertz CT molecular complexity index is 439. The van der Waals surface area contributed by atoms with Gasteiger partial charge in [0.05, 0.1) is 18.2 Å². The van der Waals surface area contributed by atoms with Crippen molar-refractivity contribution in [2.75, 3.05) is 6.54 Å². The Morgan fingerprint density at radius 1 is 1.41 bits per heavy atom. The van der Waals surface area contributed by atoms with E-state index in [1.807, 2.05) is 0 Å². The zero-order chi connectivity index (χ0) is 15.9. The van der Waals surface area contributed by atoms with E-state index in [0.29, 0.717) is 19.4 Å². The van der Waals surface area contributed by atoms with Crippen LogP contribution in [0.25, 0.3) is 0 Å². The molecule has 4 aliphatic rings. The van der Waals surface area contributed by atoms with Crippen LogP contribution in [0.5, 0.6) is 0 Å². The fourth-order valence-electron chi connectivity index (χ4n) is 3.37. The predicted octanol–water partition coefficient (Wildman–Crippen LogP) is -2.31. The highest BCUT2D eigenvalue weighted by Gasteiger charge is 2.54. The highest BCUT2D eigenvalue weighted by Crippen LogP contribution is 2.33. The molecule has 0 aromatic heterocycles. The summed E-state index contributed by atoms with van der Waals surface area (Å²) >= 11 is 0. The van der Waals surface area contributed by atoms with Gasteiger partial charge in [-0.1, -0.05) is 0 Å². The van der Waals surface area contributed by atoms with E-state index in [0.717, 1.165) is 6.42 Å². The van der Waals surface area contributed by atoms with Gasteiger partial charge >= 0.3 is 6.03 Å². The number of nitrogens with one attached hydrogen (secondary N) is 2. The summed E-state index contributed by atoms with van der Waals surface area (Å²) in [6.07, 6.45) is -0.725. The van der Waals surface area contributed by atoms with Crippen LogP contribution in [0.4, 0.5) is 4.79 Å². The lowest BCUT2D eigenvalue weighted by atomic mass is 9.84. The summed E-state index contributed by atoms with van der Waals surface area (Å²) in [5.74, 6) is 0. The first-order valence-electron chi connectivity index (χ1n) is 7.68. The van der Waals surface area contributed by atoms with Crippen molar-refractivity contribution in [3.8, 4) is 0 Å². The highest BCUT2D eigenvalue weighted by atomic mass is 16.7. The van der Waals surface area contributed by atoms with Crippen molar-refractivity contribution in [1.82, 2.24) is 10.6 Å². The minimum absolute atomic E-state index is 0.138. The quantitative estimate of drug-likeness (QED) is 0.342. The fraction of sp³-hybridized carbons (Fsp3) is 0.923. The Labute approximate surface area is 128 Å². The first-order valence-corrected chi connectivity index (χ1v) is 7.68. The molecule has 7 atom stereocenters. The number of fused-ring (bicyclic) bond motifs is 4. The summed E-state index contributed by atoms with van der Waals surface area (Å²) in [6.45, 7) is 0.367. The number of ether oxygens (including phenoxy) is 2. The molecule has 4 rings (SSSR count). The molecule has 0 radical (unpaired) electrons. The number of rotatable bonds is 3. The van der Waals surface area contributed by atoms with Gasteiger partial charge < -0.3 is 41.8 Å². The monoisotopic (exact) mass is 316 g/mol. The lowest BCUT2D eigenvalue weighted by Gasteiger charge is -2.44. The van der Waals surface area contributed by atoms with Crippen LogP contribution in [-0.2, 0) is 9.47 Å². The minimum atomic E-state index is -1.70. The maximum atomic E-state index is 11.7. The van der Waals surface area contributed by atoms with Gasteiger partial charge in [0.1, 0.15) is 12.2 Å². The van der Waals surface area contributed by atoms with Gasteiger partial charge in [0.2, 0.25) is 0 Å². The molecule has 1 aliphatic carbocycles. The number of hydrogen-bond acceptors (Lipinski definition) is 7. The average molecular weight is 316 g/mol. The molecule has 0 aromatic carbocycles. The molecule has 0 aromatic rings. The number of nitrogens with two attached hydrogens (primary N) is 2. The van der Waals surface area contributed by atoms with Crippen LogP contribution < -0.4 is 22.1 Å². The molecule has 3 aliphatic heterocycles. The lowest BCUT2D eigenvalue weighted by Crippen LogP contribution is -2.64. The number of aliphatic hydroxyl groups excluding tert-OH is 1. The van der Waals surface area contributed by atoms with Crippen molar-refractivity contribution in [2.24, 2.45) is 11.5 Å². The maximum absolute atomic E-state index is 11.7. The van der Waals surface area contributed by atoms with Gasteiger partial charge in [0.15, 0.2) is 12.0 Å². The van der Waals surface area contributed by atoms with Crippen LogP contribution in [-0.4, -0.2) is 65.2 Å². The van der Waals surface area contributed by atoms with E-state index in [1.54, 1.807) is 0 Å². The summed E-state index contributed by atoms with van der Waals surface area (Å²) in [5, 5.41) is 25.9. The van der Waals surface area contributed by atoms with Crippen molar-refractivity contribution >= 4 is 6.03 Å². The van der Waals surface area contributed by atoms with Crippen LogP contribution in [0.3, 0.4) is 0 Å². The second-order valence-electron chi connectivity index (χ2n) is 6.32. The van der Waals surface area contributed by atoms with E-state index in [-0.39, 0.29) is 18.6 Å². The second-order valence-corrected chi connectivity index (χ2v) is 6.32. The van der Waals surface area contributed by atoms with Crippen molar-refractivity contribution in [3.63, 3.8) is 0 Å². The molecule has 3 saturated heterocycles.